The lowest BCUT2D eigenvalue weighted by molar-refractivity contribution is 0.141. The minimum absolute atomic E-state index is 0.0144. The molecule has 0 aliphatic carbocycles. The Hall–Kier alpha value is -0.780. The van der Waals surface area contributed by atoms with Crippen LogP contribution in [0.25, 0.3) is 0 Å². The monoisotopic (exact) mass is 303 g/mol. The topological polar surface area (TPSA) is 38.3 Å². The van der Waals surface area contributed by atoms with Gasteiger partial charge in [-0.25, -0.2) is 4.79 Å². The quantitative estimate of drug-likeness (QED) is 0.809. The Kier molecular flexibility index (Phi) is 2.62. The zero-order chi connectivity index (χ0) is 10.1. The number of cyclic esters (lactones) is 1. The van der Waals surface area contributed by atoms with Gasteiger partial charge in [0.05, 0.1) is 6.04 Å². The number of nitrogens with one attached hydrogen (secondary N) is 1. The number of hydrogen-bond acceptors (Lipinski definition) is 2. The number of amides is 1. The largest absolute Gasteiger partial charge is 0.444 e. The molecule has 1 aliphatic rings. The molecule has 0 bridgehead atoms. The van der Waals surface area contributed by atoms with Crippen molar-refractivity contribution in [3.63, 3.8) is 0 Å². The van der Waals surface area contributed by atoms with E-state index in [1.165, 1.54) is 3.57 Å². The Morgan fingerprint density at radius 1 is 1.36 bits per heavy atom. The summed E-state index contributed by atoms with van der Waals surface area (Å²) < 4.78 is 6.19. The van der Waals surface area contributed by atoms with E-state index in [-0.39, 0.29) is 18.2 Å². The lowest BCUT2D eigenvalue weighted by Crippen LogP contribution is -2.20. The summed E-state index contributed by atoms with van der Waals surface area (Å²) in [5, 5.41) is 2.78. The number of alkyl carbamates (subject to hydrolysis) is 1. The molecular formula is C10H10INO2. The molecule has 1 aromatic carbocycles. The predicted octanol–water partition coefficient (Wildman–Crippen LogP) is 2.46. The van der Waals surface area contributed by atoms with Crippen LogP contribution in [0.4, 0.5) is 4.79 Å². The molecule has 0 spiro atoms. The normalized spacial score (nSPS) is 25.7. The van der Waals surface area contributed by atoms with E-state index in [1.54, 1.807) is 0 Å². The molecule has 14 heavy (non-hydrogen) atoms. The summed E-state index contributed by atoms with van der Waals surface area (Å²) in [6, 6.07) is 8.05. The van der Waals surface area contributed by atoms with Crippen LogP contribution < -0.4 is 5.32 Å². The van der Waals surface area contributed by atoms with E-state index < -0.39 is 0 Å². The fraction of sp³-hybridized carbons (Fsp3) is 0.300. The Balaban J connectivity index is 2.23. The van der Waals surface area contributed by atoms with Gasteiger partial charge in [-0.3, -0.25) is 0 Å². The van der Waals surface area contributed by atoms with Gasteiger partial charge in [0.15, 0.2) is 0 Å². The highest BCUT2D eigenvalue weighted by atomic mass is 127. The third-order valence-electron chi connectivity index (χ3n) is 2.26. The highest BCUT2D eigenvalue weighted by molar-refractivity contribution is 14.1. The average molecular weight is 303 g/mol. The molecule has 0 unspecified atom stereocenters. The standard InChI is InChI=1S/C10H10INO2/c1-6-9(12-10(13)14-6)7-2-4-8(11)5-3-7/h2-6,9H,1H3,(H,12,13)/t6-,9-/m0/s1. The molecule has 1 fully saturated rings. The number of benzene rings is 1. The lowest BCUT2D eigenvalue weighted by atomic mass is 10.0. The van der Waals surface area contributed by atoms with Gasteiger partial charge in [0.2, 0.25) is 0 Å². The Morgan fingerprint density at radius 3 is 2.50 bits per heavy atom. The molecule has 74 valence electrons. The molecule has 1 amide bonds. The summed E-state index contributed by atoms with van der Waals surface area (Å²) in [4.78, 5) is 11.0. The number of carbonyl (C=O) groups is 1. The second-order valence-corrected chi connectivity index (χ2v) is 4.53. The van der Waals surface area contributed by atoms with Gasteiger partial charge in [-0.2, -0.15) is 0 Å². The summed E-state index contributed by atoms with van der Waals surface area (Å²) in [5.41, 5.74) is 1.09. The molecule has 2 atom stereocenters. The maximum absolute atomic E-state index is 11.0. The molecule has 2 rings (SSSR count). The fourth-order valence-electron chi connectivity index (χ4n) is 1.54. The molecule has 1 N–H and O–H groups in total. The molecular weight excluding hydrogens is 293 g/mol. The van der Waals surface area contributed by atoms with E-state index in [0.29, 0.717) is 0 Å². The third kappa shape index (κ3) is 1.84. The van der Waals surface area contributed by atoms with Crippen molar-refractivity contribution in [1.82, 2.24) is 5.32 Å². The van der Waals surface area contributed by atoms with Crippen LogP contribution in [0.3, 0.4) is 0 Å². The number of carbonyl (C=O) groups excluding carboxylic acids is 1. The first-order valence-corrected chi connectivity index (χ1v) is 5.47. The van der Waals surface area contributed by atoms with Gasteiger partial charge in [0, 0.05) is 3.57 Å². The van der Waals surface area contributed by atoms with Crippen molar-refractivity contribution >= 4 is 28.7 Å². The molecule has 0 radical (unpaired) electrons. The van der Waals surface area contributed by atoms with Gasteiger partial charge in [-0.15, -0.1) is 0 Å². The van der Waals surface area contributed by atoms with Gasteiger partial charge in [-0.1, -0.05) is 12.1 Å². The minimum atomic E-state index is -0.332. The molecule has 1 heterocycles. The molecule has 0 aromatic heterocycles. The van der Waals surface area contributed by atoms with Gasteiger partial charge in [0.25, 0.3) is 0 Å². The van der Waals surface area contributed by atoms with Gasteiger partial charge >= 0.3 is 6.09 Å². The maximum Gasteiger partial charge on any atom is 0.408 e. The maximum atomic E-state index is 11.0. The van der Waals surface area contributed by atoms with Crippen LogP contribution >= 0.6 is 22.6 Å². The van der Waals surface area contributed by atoms with Gasteiger partial charge < -0.3 is 10.1 Å². The Morgan fingerprint density at radius 2 is 2.00 bits per heavy atom. The van der Waals surface area contributed by atoms with E-state index >= 15 is 0 Å². The van der Waals surface area contributed by atoms with Crippen molar-refractivity contribution in [2.45, 2.75) is 19.1 Å². The number of hydrogen-bond donors (Lipinski definition) is 1. The number of ether oxygens (including phenoxy) is 1. The first-order chi connectivity index (χ1) is 6.66. The van der Waals surface area contributed by atoms with Crippen LogP contribution in [0, 0.1) is 3.57 Å². The molecule has 0 saturated carbocycles. The van der Waals surface area contributed by atoms with Gasteiger partial charge in [0.1, 0.15) is 6.10 Å². The molecule has 1 saturated heterocycles. The third-order valence-corrected chi connectivity index (χ3v) is 2.98. The van der Waals surface area contributed by atoms with Crippen molar-refractivity contribution in [2.75, 3.05) is 0 Å². The van der Waals surface area contributed by atoms with E-state index in [4.69, 9.17) is 4.74 Å². The van der Waals surface area contributed by atoms with Crippen LogP contribution in [0.15, 0.2) is 24.3 Å². The zero-order valence-corrected chi connectivity index (χ0v) is 9.82. The van der Waals surface area contributed by atoms with Crippen LogP contribution in [0.1, 0.15) is 18.5 Å². The summed E-state index contributed by atoms with van der Waals surface area (Å²) in [5.74, 6) is 0. The van der Waals surface area contributed by atoms with Crippen molar-refractivity contribution < 1.29 is 9.53 Å². The second kappa shape index (κ2) is 3.76. The summed E-state index contributed by atoms with van der Waals surface area (Å²) >= 11 is 2.25. The van der Waals surface area contributed by atoms with Crippen molar-refractivity contribution in [3.8, 4) is 0 Å². The van der Waals surface area contributed by atoms with Crippen LogP contribution in [-0.2, 0) is 4.74 Å². The highest BCUT2D eigenvalue weighted by Crippen LogP contribution is 2.24. The highest BCUT2D eigenvalue weighted by Gasteiger charge is 2.31. The zero-order valence-electron chi connectivity index (χ0n) is 7.66. The van der Waals surface area contributed by atoms with Gasteiger partial charge in [-0.05, 0) is 47.2 Å². The smallest absolute Gasteiger partial charge is 0.408 e. The van der Waals surface area contributed by atoms with E-state index in [0.717, 1.165) is 5.56 Å². The lowest BCUT2D eigenvalue weighted by Gasteiger charge is -2.12. The van der Waals surface area contributed by atoms with E-state index in [1.807, 2.05) is 31.2 Å². The van der Waals surface area contributed by atoms with Crippen molar-refractivity contribution in [1.29, 1.82) is 0 Å². The van der Waals surface area contributed by atoms with E-state index in [2.05, 4.69) is 27.9 Å². The Bertz CT molecular complexity index is 350. The molecule has 1 aromatic rings. The van der Waals surface area contributed by atoms with Crippen molar-refractivity contribution in [3.05, 3.63) is 33.4 Å². The SMILES string of the molecule is C[C@@H]1OC(=O)N[C@@H]1c1ccc(I)cc1. The number of halogens is 1. The van der Waals surface area contributed by atoms with Crippen LogP contribution in [0.5, 0.6) is 0 Å². The Labute approximate surface area is 96.0 Å². The molecule has 1 aliphatic heterocycles. The molecule has 4 heteroatoms. The summed E-state index contributed by atoms with van der Waals surface area (Å²) in [7, 11) is 0. The summed E-state index contributed by atoms with van der Waals surface area (Å²) in [6.45, 7) is 1.89. The minimum Gasteiger partial charge on any atom is -0.444 e. The summed E-state index contributed by atoms with van der Waals surface area (Å²) in [6.07, 6.45) is -0.427. The number of rotatable bonds is 1. The molecule has 3 nitrogen and oxygen atoms in total. The van der Waals surface area contributed by atoms with Crippen LogP contribution in [-0.4, -0.2) is 12.2 Å². The van der Waals surface area contributed by atoms with Crippen molar-refractivity contribution in [2.24, 2.45) is 0 Å². The second-order valence-electron chi connectivity index (χ2n) is 3.28. The average Bonchev–Trinajstić information content (AvgIpc) is 2.47. The predicted molar refractivity (Wildman–Crippen MR) is 61.0 cm³/mol. The van der Waals surface area contributed by atoms with E-state index in [9.17, 15) is 4.79 Å². The first kappa shape index (κ1) is 9.76. The fourth-order valence-corrected chi connectivity index (χ4v) is 1.90. The first-order valence-electron chi connectivity index (χ1n) is 4.39. The van der Waals surface area contributed by atoms with Crippen LogP contribution in [0.2, 0.25) is 0 Å².